The molecule has 0 aliphatic carbocycles. The summed E-state index contributed by atoms with van der Waals surface area (Å²) in [7, 11) is 0. The van der Waals surface area contributed by atoms with Crippen molar-refractivity contribution in [2.24, 2.45) is 0 Å². The van der Waals surface area contributed by atoms with E-state index in [0.717, 1.165) is 25.6 Å². The van der Waals surface area contributed by atoms with Gasteiger partial charge in [0.1, 0.15) is 12.4 Å². The lowest BCUT2D eigenvalue weighted by molar-refractivity contribution is 0.213. The van der Waals surface area contributed by atoms with Crippen LogP contribution in [0.5, 0.6) is 5.75 Å². The van der Waals surface area contributed by atoms with Gasteiger partial charge in [0.25, 0.3) is 0 Å². The fraction of sp³-hybridized carbons (Fsp3) is 0.316. The summed E-state index contributed by atoms with van der Waals surface area (Å²) in [6.45, 7) is 3.58. The maximum atomic E-state index is 11.7. The summed E-state index contributed by atoms with van der Waals surface area (Å²) in [6, 6.07) is 9.59. The molecule has 0 amide bonds. The number of aromatic hydroxyl groups is 1. The molecule has 1 aliphatic rings. The monoisotopic (exact) mass is 327 g/mol. The van der Waals surface area contributed by atoms with Crippen LogP contribution in [0.2, 0.25) is 0 Å². The second kappa shape index (κ2) is 7.03. The highest BCUT2D eigenvalue weighted by molar-refractivity contribution is 5.66. The van der Waals surface area contributed by atoms with Gasteiger partial charge in [-0.15, -0.1) is 0 Å². The summed E-state index contributed by atoms with van der Waals surface area (Å²) < 4.78 is 5.40. The van der Waals surface area contributed by atoms with E-state index in [1.54, 1.807) is 0 Å². The molecular weight excluding hydrogens is 306 g/mol. The molecule has 0 saturated heterocycles. The van der Waals surface area contributed by atoms with Crippen molar-refractivity contribution in [2.45, 2.75) is 26.5 Å². The highest BCUT2D eigenvalue weighted by Crippen LogP contribution is 2.24. The van der Waals surface area contributed by atoms with E-state index in [0.29, 0.717) is 6.54 Å². The number of rotatable bonds is 4. The van der Waals surface area contributed by atoms with Crippen molar-refractivity contribution in [1.29, 1.82) is 0 Å². The van der Waals surface area contributed by atoms with Crippen LogP contribution in [0.4, 0.5) is 0 Å². The second-order valence-electron chi connectivity index (χ2n) is 6.09. The Labute approximate surface area is 140 Å². The van der Waals surface area contributed by atoms with Crippen LogP contribution >= 0.6 is 0 Å². The Morgan fingerprint density at radius 1 is 1.25 bits per heavy atom. The van der Waals surface area contributed by atoms with Crippen molar-refractivity contribution < 1.29 is 14.6 Å². The number of aryl methyl sites for hydroxylation is 1. The maximum Gasteiger partial charge on any atom is 0.227 e. The molecule has 0 atom stereocenters. The number of hydrogen-bond acceptors (Lipinski definition) is 5. The molecule has 0 spiro atoms. The van der Waals surface area contributed by atoms with Gasteiger partial charge in [-0.05, 0) is 24.5 Å². The quantitative estimate of drug-likeness (QED) is 0.902. The average molecular weight is 327 g/mol. The lowest BCUT2D eigenvalue weighted by atomic mass is 9.98. The Hall–Kier alpha value is -2.37. The van der Waals surface area contributed by atoms with Gasteiger partial charge in [0.05, 0.1) is 6.54 Å². The third-order valence-electron chi connectivity index (χ3n) is 4.28. The fourth-order valence-corrected chi connectivity index (χ4v) is 2.86. The molecule has 3 rings (SSSR count). The Kier molecular flexibility index (Phi) is 4.83. The van der Waals surface area contributed by atoms with Crippen molar-refractivity contribution >= 4 is 5.57 Å². The Balaban J connectivity index is 1.72. The van der Waals surface area contributed by atoms with E-state index in [1.807, 2.05) is 0 Å². The summed E-state index contributed by atoms with van der Waals surface area (Å²) in [4.78, 5) is 13.8. The van der Waals surface area contributed by atoms with Crippen LogP contribution in [-0.2, 0) is 13.2 Å². The molecule has 0 fully saturated rings. The van der Waals surface area contributed by atoms with E-state index in [4.69, 9.17) is 9.52 Å². The molecule has 1 aromatic heterocycles. The number of aliphatic hydroxyl groups excluding tert-OH is 1. The molecule has 0 radical (unpaired) electrons. The van der Waals surface area contributed by atoms with Gasteiger partial charge in [0.2, 0.25) is 11.2 Å². The molecule has 2 aromatic rings. The summed E-state index contributed by atoms with van der Waals surface area (Å²) in [6.07, 6.45) is 3.06. The average Bonchev–Trinajstić information content (AvgIpc) is 2.60. The number of hydrogen-bond donors (Lipinski definition) is 2. The van der Waals surface area contributed by atoms with Crippen LogP contribution in [0, 0.1) is 6.92 Å². The fourth-order valence-electron chi connectivity index (χ4n) is 2.86. The number of benzene rings is 1. The van der Waals surface area contributed by atoms with Crippen LogP contribution in [0.15, 0.2) is 45.6 Å². The molecule has 2 N–H and O–H groups in total. The van der Waals surface area contributed by atoms with Crippen LogP contribution in [0.1, 0.15) is 29.1 Å². The van der Waals surface area contributed by atoms with E-state index >= 15 is 0 Å². The van der Waals surface area contributed by atoms with Crippen molar-refractivity contribution in [3.63, 3.8) is 0 Å². The largest absolute Gasteiger partial charge is 0.502 e. The minimum Gasteiger partial charge on any atom is -0.502 e. The third kappa shape index (κ3) is 3.58. The highest BCUT2D eigenvalue weighted by atomic mass is 16.4. The zero-order chi connectivity index (χ0) is 17.1. The third-order valence-corrected chi connectivity index (χ3v) is 4.28. The van der Waals surface area contributed by atoms with Crippen LogP contribution in [0.25, 0.3) is 5.57 Å². The van der Waals surface area contributed by atoms with E-state index in [2.05, 4.69) is 42.2 Å². The molecule has 0 unspecified atom stereocenters. The summed E-state index contributed by atoms with van der Waals surface area (Å²) in [5, 5.41) is 19.0. The first-order valence-electron chi connectivity index (χ1n) is 8.01. The Bertz CT molecular complexity index is 805. The van der Waals surface area contributed by atoms with Gasteiger partial charge in [0, 0.05) is 19.2 Å². The van der Waals surface area contributed by atoms with E-state index in [9.17, 15) is 9.90 Å². The molecule has 5 heteroatoms. The van der Waals surface area contributed by atoms with Gasteiger partial charge in [-0.25, -0.2) is 0 Å². The molecule has 2 heterocycles. The normalized spacial score (nSPS) is 15.3. The zero-order valence-electron chi connectivity index (χ0n) is 13.7. The van der Waals surface area contributed by atoms with Crippen molar-refractivity contribution in [3.05, 3.63) is 69.3 Å². The topological polar surface area (TPSA) is 73.9 Å². The lowest BCUT2D eigenvalue weighted by Crippen LogP contribution is -2.28. The first kappa shape index (κ1) is 16.5. The highest BCUT2D eigenvalue weighted by Gasteiger charge is 2.18. The minimum atomic E-state index is -0.520. The number of aliphatic hydroxyl groups is 1. The molecule has 1 aliphatic heterocycles. The van der Waals surface area contributed by atoms with Gasteiger partial charge in [-0.1, -0.05) is 35.9 Å². The first-order valence-corrected chi connectivity index (χ1v) is 8.01. The summed E-state index contributed by atoms with van der Waals surface area (Å²) in [5.41, 5.74) is 3.26. The Morgan fingerprint density at radius 2 is 2.00 bits per heavy atom. The molecular formula is C19H21NO4. The molecule has 24 heavy (non-hydrogen) atoms. The van der Waals surface area contributed by atoms with E-state index < -0.39 is 5.43 Å². The van der Waals surface area contributed by atoms with Gasteiger partial charge in [-0.2, -0.15) is 0 Å². The summed E-state index contributed by atoms with van der Waals surface area (Å²) in [5.74, 6) is -0.0000528. The lowest BCUT2D eigenvalue weighted by Gasteiger charge is -2.26. The molecule has 0 bridgehead atoms. The van der Waals surface area contributed by atoms with Gasteiger partial charge >= 0.3 is 0 Å². The standard InChI is InChI=1S/C19H21NO4/c1-13-2-4-14(5-3-13)15-6-8-20(9-7-15)11-18-19(23)17(22)10-16(12-21)24-18/h2-6,10,21,23H,7-9,11-12H2,1H3. The molecule has 0 saturated carbocycles. The zero-order valence-corrected chi connectivity index (χ0v) is 13.7. The van der Waals surface area contributed by atoms with Crippen molar-refractivity contribution in [3.8, 4) is 5.75 Å². The van der Waals surface area contributed by atoms with Crippen LogP contribution in [-0.4, -0.2) is 28.2 Å². The second-order valence-corrected chi connectivity index (χ2v) is 6.09. The minimum absolute atomic E-state index is 0.167. The molecule has 5 nitrogen and oxygen atoms in total. The predicted molar refractivity (Wildman–Crippen MR) is 91.6 cm³/mol. The van der Waals surface area contributed by atoms with E-state index in [1.165, 1.54) is 16.7 Å². The SMILES string of the molecule is Cc1ccc(C2=CCN(Cc3oc(CO)cc(=O)c3O)CC2)cc1. The van der Waals surface area contributed by atoms with Crippen LogP contribution in [0.3, 0.4) is 0 Å². The molecule has 126 valence electrons. The van der Waals surface area contributed by atoms with Crippen molar-refractivity contribution in [2.75, 3.05) is 13.1 Å². The van der Waals surface area contributed by atoms with Gasteiger partial charge in [0.15, 0.2) is 5.76 Å². The van der Waals surface area contributed by atoms with Crippen LogP contribution < -0.4 is 5.43 Å². The first-order chi connectivity index (χ1) is 11.6. The molecule has 1 aromatic carbocycles. The van der Waals surface area contributed by atoms with Gasteiger partial charge < -0.3 is 14.6 Å². The van der Waals surface area contributed by atoms with Gasteiger partial charge in [-0.3, -0.25) is 9.69 Å². The van der Waals surface area contributed by atoms with E-state index in [-0.39, 0.29) is 23.9 Å². The predicted octanol–water partition coefficient (Wildman–Crippen LogP) is 2.44. The van der Waals surface area contributed by atoms with Crippen molar-refractivity contribution in [1.82, 2.24) is 4.90 Å². The Morgan fingerprint density at radius 3 is 2.62 bits per heavy atom. The smallest absolute Gasteiger partial charge is 0.227 e. The summed E-state index contributed by atoms with van der Waals surface area (Å²) >= 11 is 0. The maximum absolute atomic E-state index is 11.7. The number of nitrogens with zero attached hydrogens (tertiary/aromatic N) is 1.